The van der Waals surface area contributed by atoms with E-state index in [1.54, 1.807) is 12.4 Å². The summed E-state index contributed by atoms with van der Waals surface area (Å²) >= 11 is 0. The summed E-state index contributed by atoms with van der Waals surface area (Å²) < 4.78 is 6.59. The highest BCUT2D eigenvalue weighted by Crippen LogP contribution is 2.40. The number of likely N-dealkylation sites (tertiary alicyclic amines) is 2. The van der Waals surface area contributed by atoms with Crippen LogP contribution in [0.3, 0.4) is 0 Å². The molecule has 0 saturated carbocycles. The molecule has 1 aromatic carbocycles. The summed E-state index contributed by atoms with van der Waals surface area (Å²) in [5.41, 5.74) is 6.10. The van der Waals surface area contributed by atoms with Gasteiger partial charge in [-0.1, -0.05) is 29.8 Å². The maximum atomic E-state index is 13.1. The lowest BCUT2D eigenvalue weighted by molar-refractivity contribution is -0.133. The molecule has 2 saturated heterocycles. The minimum absolute atomic E-state index is 0.177. The molecule has 0 radical (unpaired) electrons. The average molecular weight is 499 g/mol. The van der Waals surface area contributed by atoms with Gasteiger partial charge in [-0.3, -0.25) is 14.7 Å². The lowest BCUT2D eigenvalue weighted by Gasteiger charge is -2.34. The first-order valence-corrected chi connectivity index (χ1v) is 13.6. The van der Waals surface area contributed by atoms with Gasteiger partial charge >= 0.3 is 0 Å². The van der Waals surface area contributed by atoms with E-state index < -0.39 is 0 Å². The summed E-state index contributed by atoms with van der Waals surface area (Å²) in [6.45, 7) is 4.13. The summed E-state index contributed by atoms with van der Waals surface area (Å²) in [5.74, 6) is 2.20. The SMILES string of the molecule is O=C(CN1CCCCC1)N1CCCC(c2cc(-c3ccc4c(c3)CC/C4=N\O)c(-c3ccncc3)o2)C1. The zero-order valence-corrected chi connectivity index (χ0v) is 21.2. The van der Waals surface area contributed by atoms with E-state index in [9.17, 15) is 10.0 Å². The molecule has 1 N–H and O–H groups in total. The largest absolute Gasteiger partial charge is 0.460 e. The highest BCUT2D eigenvalue weighted by atomic mass is 16.4. The van der Waals surface area contributed by atoms with Crippen LogP contribution in [0.5, 0.6) is 0 Å². The smallest absolute Gasteiger partial charge is 0.236 e. The Morgan fingerprint density at radius 2 is 1.81 bits per heavy atom. The van der Waals surface area contributed by atoms with Crippen molar-refractivity contribution in [1.82, 2.24) is 14.8 Å². The molecular weight excluding hydrogens is 464 g/mol. The fourth-order valence-electron chi connectivity index (χ4n) is 6.13. The molecule has 0 spiro atoms. The molecule has 2 aliphatic heterocycles. The molecule has 1 aliphatic carbocycles. The van der Waals surface area contributed by atoms with Crippen molar-refractivity contribution in [3.8, 4) is 22.5 Å². The van der Waals surface area contributed by atoms with E-state index in [1.165, 1.54) is 24.8 Å². The van der Waals surface area contributed by atoms with E-state index in [1.807, 2.05) is 17.0 Å². The van der Waals surface area contributed by atoms with Crippen molar-refractivity contribution in [2.45, 2.75) is 50.9 Å². The van der Waals surface area contributed by atoms with E-state index in [-0.39, 0.29) is 11.8 Å². The van der Waals surface area contributed by atoms with Crippen molar-refractivity contribution < 1.29 is 14.4 Å². The Balaban J connectivity index is 1.28. The molecule has 7 nitrogen and oxygen atoms in total. The quantitative estimate of drug-likeness (QED) is 0.380. The standard InChI is InChI=1S/C30H34N4O3/c35-29(20-33-14-2-1-3-15-33)34-16-4-5-24(19-34)28-18-26(30(37-28)21-10-12-31-13-11-21)23-6-8-25-22(17-23)7-9-27(25)32-36/h6,8,10-13,17-18,24,36H,1-5,7,9,14-16,19-20H2/b32-27+. The Hall–Kier alpha value is -3.45. The van der Waals surface area contributed by atoms with Crippen molar-refractivity contribution >= 4 is 11.6 Å². The number of carbonyl (C=O) groups excluding carboxylic acids is 1. The van der Waals surface area contributed by atoms with Crippen LogP contribution in [-0.4, -0.2) is 64.3 Å². The molecule has 37 heavy (non-hydrogen) atoms. The number of hydrogen-bond donors (Lipinski definition) is 1. The highest BCUT2D eigenvalue weighted by molar-refractivity contribution is 6.04. The Labute approximate surface area is 217 Å². The number of hydrogen-bond acceptors (Lipinski definition) is 6. The first kappa shape index (κ1) is 23.9. The minimum atomic E-state index is 0.177. The summed E-state index contributed by atoms with van der Waals surface area (Å²) in [5, 5.41) is 12.8. The third-order valence-electron chi connectivity index (χ3n) is 8.16. The third-order valence-corrected chi connectivity index (χ3v) is 8.16. The van der Waals surface area contributed by atoms with Crippen molar-refractivity contribution in [2.75, 3.05) is 32.7 Å². The molecule has 1 atom stereocenters. The molecular formula is C30H34N4O3. The number of fused-ring (bicyclic) bond motifs is 1. The van der Waals surface area contributed by atoms with Crippen LogP contribution in [0.25, 0.3) is 22.5 Å². The van der Waals surface area contributed by atoms with Gasteiger partial charge in [0.15, 0.2) is 0 Å². The topological polar surface area (TPSA) is 82.2 Å². The summed E-state index contributed by atoms with van der Waals surface area (Å²) in [6, 6.07) is 12.5. The molecule has 1 amide bonds. The van der Waals surface area contributed by atoms with Gasteiger partial charge in [0.25, 0.3) is 0 Å². The van der Waals surface area contributed by atoms with Gasteiger partial charge in [0.1, 0.15) is 11.5 Å². The fraction of sp³-hybridized carbons (Fsp3) is 0.433. The van der Waals surface area contributed by atoms with E-state index in [2.05, 4.69) is 39.3 Å². The van der Waals surface area contributed by atoms with E-state index in [0.29, 0.717) is 13.1 Å². The number of pyridine rings is 1. The lowest BCUT2D eigenvalue weighted by Crippen LogP contribution is -2.45. The zero-order chi connectivity index (χ0) is 25.2. The monoisotopic (exact) mass is 498 g/mol. The average Bonchev–Trinajstić information content (AvgIpc) is 3.58. The zero-order valence-electron chi connectivity index (χ0n) is 21.2. The number of nitrogens with zero attached hydrogens (tertiary/aromatic N) is 4. The summed E-state index contributed by atoms with van der Waals surface area (Å²) in [7, 11) is 0. The number of aromatic nitrogens is 1. The molecule has 3 aromatic rings. The minimum Gasteiger partial charge on any atom is -0.460 e. The Kier molecular flexibility index (Phi) is 6.79. The van der Waals surface area contributed by atoms with E-state index in [4.69, 9.17) is 4.42 Å². The first-order valence-electron chi connectivity index (χ1n) is 13.6. The maximum Gasteiger partial charge on any atom is 0.236 e. The van der Waals surface area contributed by atoms with Crippen LogP contribution in [0.4, 0.5) is 0 Å². The van der Waals surface area contributed by atoms with E-state index >= 15 is 0 Å². The molecule has 3 aliphatic rings. The molecule has 4 heterocycles. The summed E-state index contributed by atoms with van der Waals surface area (Å²) in [4.78, 5) is 21.7. The van der Waals surface area contributed by atoms with Crippen LogP contribution < -0.4 is 0 Å². The predicted molar refractivity (Wildman–Crippen MR) is 143 cm³/mol. The number of oxime groups is 1. The number of rotatable bonds is 5. The Bertz CT molecular complexity index is 1290. The molecule has 6 rings (SSSR count). The van der Waals surface area contributed by atoms with Crippen LogP contribution in [0.2, 0.25) is 0 Å². The first-order chi connectivity index (χ1) is 18.2. The Morgan fingerprint density at radius 1 is 0.973 bits per heavy atom. The van der Waals surface area contributed by atoms with Gasteiger partial charge in [-0.25, -0.2) is 0 Å². The van der Waals surface area contributed by atoms with E-state index in [0.717, 1.165) is 84.8 Å². The fourth-order valence-corrected chi connectivity index (χ4v) is 6.13. The second-order valence-electron chi connectivity index (χ2n) is 10.6. The summed E-state index contributed by atoms with van der Waals surface area (Å²) in [6.07, 6.45) is 10.9. The van der Waals surface area contributed by atoms with Gasteiger partial charge in [-0.15, -0.1) is 0 Å². The van der Waals surface area contributed by atoms with Crippen molar-refractivity contribution in [3.05, 3.63) is 65.7 Å². The van der Waals surface area contributed by atoms with Crippen molar-refractivity contribution in [1.29, 1.82) is 0 Å². The van der Waals surface area contributed by atoms with Crippen molar-refractivity contribution in [3.63, 3.8) is 0 Å². The van der Waals surface area contributed by atoms with Crippen LogP contribution in [-0.2, 0) is 11.2 Å². The van der Waals surface area contributed by atoms with Crippen LogP contribution in [0.15, 0.2) is 58.4 Å². The van der Waals surface area contributed by atoms with Gasteiger partial charge in [0, 0.05) is 48.1 Å². The normalized spacial score (nSPS) is 21.4. The van der Waals surface area contributed by atoms with Gasteiger partial charge in [0.2, 0.25) is 5.91 Å². The number of piperidine rings is 2. The molecule has 2 aromatic heterocycles. The van der Waals surface area contributed by atoms with Crippen LogP contribution in [0.1, 0.15) is 61.3 Å². The van der Waals surface area contributed by atoms with Gasteiger partial charge < -0.3 is 14.5 Å². The Morgan fingerprint density at radius 3 is 2.62 bits per heavy atom. The molecule has 7 heteroatoms. The molecule has 192 valence electrons. The maximum absolute atomic E-state index is 13.1. The molecule has 1 unspecified atom stereocenters. The van der Waals surface area contributed by atoms with Gasteiger partial charge in [-0.05, 0) is 80.9 Å². The van der Waals surface area contributed by atoms with Crippen LogP contribution >= 0.6 is 0 Å². The molecule has 0 bridgehead atoms. The lowest BCUT2D eigenvalue weighted by atomic mass is 9.93. The number of benzene rings is 1. The van der Waals surface area contributed by atoms with Crippen LogP contribution in [0, 0.1) is 0 Å². The van der Waals surface area contributed by atoms with Gasteiger partial charge in [0.05, 0.1) is 12.3 Å². The number of furan rings is 1. The van der Waals surface area contributed by atoms with Crippen molar-refractivity contribution in [2.24, 2.45) is 5.16 Å². The third kappa shape index (κ3) is 4.92. The number of aryl methyl sites for hydroxylation is 1. The predicted octanol–water partition coefficient (Wildman–Crippen LogP) is 5.33. The number of carbonyl (C=O) groups is 1. The number of amides is 1. The second kappa shape index (κ2) is 10.5. The van der Waals surface area contributed by atoms with Gasteiger partial charge in [-0.2, -0.15) is 0 Å². The molecule has 2 fully saturated rings. The second-order valence-corrected chi connectivity index (χ2v) is 10.6. The highest BCUT2D eigenvalue weighted by Gasteiger charge is 2.30.